The van der Waals surface area contributed by atoms with Gasteiger partial charge in [-0.3, -0.25) is 14.9 Å². The van der Waals surface area contributed by atoms with Crippen molar-refractivity contribution in [3.63, 3.8) is 0 Å². The predicted molar refractivity (Wildman–Crippen MR) is 106 cm³/mol. The Labute approximate surface area is 158 Å². The third kappa shape index (κ3) is 3.49. The fourth-order valence-corrected chi connectivity index (χ4v) is 4.08. The van der Waals surface area contributed by atoms with E-state index in [0.717, 1.165) is 16.2 Å². The Hall–Kier alpha value is -2.64. The maximum Gasteiger partial charge on any atom is 0.257 e. The second-order valence-corrected chi connectivity index (χ2v) is 7.78. The predicted octanol–water partition coefficient (Wildman–Crippen LogP) is 4.42. The lowest BCUT2D eigenvalue weighted by molar-refractivity contribution is -0.113. The Bertz CT molecular complexity index is 996. The first-order valence-electron chi connectivity index (χ1n) is 7.99. The van der Waals surface area contributed by atoms with Crippen molar-refractivity contribution in [1.29, 1.82) is 0 Å². The summed E-state index contributed by atoms with van der Waals surface area (Å²) >= 11 is 2.85. The first kappa shape index (κ1) is 16.8. The van der Waals surface area contributed by atoms with Crippen LogP contribution >= 0.6 is 23.1 Å². The third-order valence-electron chi connectivity index (χ3n) is 3.95. The SMILES string of the molecule is Cc1ccc(-c2csc(NC(=O)c3ccc4c(c3)NC(=O)CS4)n2)cc1. The van der Waals surface area contributed by atoms with Crippen molar-refractivity contribution in [2.45, 2.75) is 11.8 Å². The van der Waals surface area contributed by atoms with Gasteiger partial charge in [0.1, 0.15) is 0 Å². The normalized spacial score (nSPS) is 13.0. The van der Waals surface area contributed by atoms with Crippen LogP contribution in [0.5, 0.6) is 0 Å². The smallest absolute Gasteiger partial charge is 0.257 e. The first-order chi connectivity index (χ1) is 12.6. The van der Waals surface area contributed by atoms with E-state index in [9.17, 15) is 9.59 Å². The molecule has 0 atom stereocenters. The number of benzene rings is 2. The number of carbonyl (C=O) groups excluding carboxylic acids is 2. The van der Waals surface area contributed by atoms with Gasteiger partial charge in [-0.15, -0.1) is 23.1 Å². The average Bonchev–Trinajstić information content (AvgIpc) is 3.10. The van der Waals surface area contributed by atoms with Gasteiger partial charge in [0.05, 0.1) is 17.1 Å². The van der Waals surface area contributed by atoms with Crippen molar-refractivity contribution < 1.29 is 9.59 Å². The largest absolute Gasteiger partial charge is 0.324 e. The molecule has 130 valence electrons. The topological polar surface area (TPSA) is 71.1 Å². The maximum atomic E-state index is 12.5. The van der Waals surface area contributed by atoms with Crippen LogP contribution in [0.3, 0.4) is 0 Å². The Morgan fingerprint density at radius 1 is 1.19 bits per heavy atom. The Kier molecular flexibility index (Phi) is 4.48. The van der Waals surface area contributed by atoms with E-state index in [0.29, 0.717) is 22.1 Å². The standard InChI is InChI=1S/C19H15N3O2S2/c1-11-2-4-12(5-3-11)15-9-26-19(21-15)22-18(24)13-6-7-16-14(8-13)20-17(23)10-25-16/h2-9H,10H2,1H3,(H,20,23)(H,21,22,24). The number of amides is 2. The molecule has 2 aromatic carbocycles. The molecule has 5 nitrogen and oxygen atoms in total. The van der Waals surface area contributed by atoms with Crippen molar-refractivity contribution >= 4 is 45.7 Å². The summed E-state index contributed by atoms with van der Waals surface area (Å²) in [5, 5.41) is 8.09. The van der Waals surface area contributed by atoms with Crippen molar-refractivity contribution in [2.75, 3.05) is 16.4 Å². The van der Waals surface area contributed by atoms with Crippen molar-refractivity contribution in [1.82, 2.24) is 4.98 Å². The molecule has 0 saturated heterocycles. The molecule has 0 fully saturated rings. The molecule has 2 heterocycles. The van der Waals surface area contributed by atoms with Crippen LogP contribution in [0.2, 0.25) is 0 Å². The van der Waals surface area contributed by atoms with E-state index in [2.05, 4.69) is 15.6 Å². The molecule has 7 heteroatoms. The highest BCUT2D eigenvalue weighted by molar-refractivity contribution is 8.00. The number of fused-ring (bicyclic) bond motifs is 1. The number of thiazole rings is 1. The highest BCUT2D eigenvalue weighted by atomic mass is 32.2. The molecule has 0 unspecified atom stereocenters. The number of carbonyl (C=O) groups is 2. The van der Waals surface area contributed by atoms with Crippen molar-refractivity contribution in [3.05, 3.63) is 59.0 Å². The van der Waals surface area contributed by atoms with Crippen LogP contribution in [0.15, 0.2) is 52.7 Å². The number of aryl methyl sites for hydroxylation is 1. The van der Waals surface area contributed by atoms with Gasteiger partial charge in [-0.2, -0.15) is 0 Å². The van der Waals surface area contributed by atoms with Gasteiger partial charge in [0.15, 0.2) is 5.13 Å². The molecule has 4 rings (SSSR count). The highest BCUT2D eigenvalue weighted by Crippen LogP contribution is 2.32. The summed E-state index contributed by atoms with van der Waals surface area (Å²) < 4.78 is 0. The molecule has 3 aromatic rings. The molecule has 0 saturated carbocycles. The van der Waals surface area contributed by atoms with E-state index in [1.165, 1.54) is 28.7 Å². The number of hydrogen-bond donors (Lipinski definition) is 2. The summed E-state index contributed by atoms with van der Waals surface area (Å²) in [7, 11) is 0. The van der Waals surface area contributed by atoms with Crippen LogP contribution in [0.25, 0.3) is 11.3 Å². The lowest BCUT2D eigenvalue weighted by Gasteiger charge is -2.16. The zero-order valence-electron chi connectivity index (χ0n) is 13.9. The second kappa shape index (κ2) is 6.93. The average molecular weight is 381 g/mol. The van der Waals surface area contributed by atoms with E-state index in [-0.39, 0.29) is 11.8 Å². The van der Waals surface area contributed by atoms with E-state index in [4.69, 9.17) is 0 Å². The molecule has 0 bridgehead atoms. The number of nitrogens with one attached hydrogen (secondary N) is 2. The summed E-state index contributed by atoms with van der Waals surface area (Å²) in [5.74, 6) is 0.101. The van der Waals surface area contributed by atoms with Gasteiger partial charge in [0.25, 0.3) is 5.91 Å². The number of hydrogen-bond acceptors (Lipinski definition) is 5. The molecular formula is C19H15N3O2S2. The molecule has 2 N–H and O–H groups in total. The van der Waals surface area contributed by atoms with Crippen LogP contribution in [0.4, 0.5) is 10.8 Å². The van der Waals surface area contributed by atoms with Crippen LogP contribution in [-0.2, 0) is 4.79 Å². The Morgan fingerprint density at radius 3 is 2.81 bits per heavy atom. The first-order valence-corrected chi connectivity index (χ1v) is 9.85. The summed E-state index contributed by atoms with van der Waals surface area (Å²) in [6.45, 7) is 2.04. The van der Waals surface area contributed by atoms with E-state index < -0.39 is 0 Å². The molecule has 0 radical (unpaired) electrons. The quantitative estimate of drug-likeness (QED) is 0.705. The zero-order valence-corrected chi connectivity index (χ0v) is 15.5. The maximum absolute atomic E-state index is 12.5. The van der Waals surface area contributed by atoms with Gasteiger partial charge in [0.2, 0.25) is 5.91 Å². The van der Waals surface area contributed by atoms with E-state index in [1.54, 1.807) is 12.1 Å². The summed E-state index contributed by atoms with van der Waals surface area (Å²) in [6.07, 6.45) is 0. The van der Waals surface area contributed by atoms with Crippen LogP contribution in [-0.4, -0.2) is 22.6 Å². The monoisotopic (exact) mass is 381 g/mol. The second-order valence-electron chi connectivity index (χ2n) is 5.91. The number of anilines is 2. The van der Waals surface area contributed by atoms with E-state index in [1.807, 2.05) is 42.6 Å². The van der Waals surface area contributed by atoms with Gasteiger partial charge in [-0.05, 0) is 25.1 Å². The molecule has 2 amide bonds. The minimum Gasteiger partial charge on any atom is -0.324 e. The minimum atomic E-state index is -0.248. The third-order valence-corrected chi connectivity index (χ3v) is 5.78. The summed E-state index contributed by atoms with van der Waals surface area (Å²) in [4.78, 5) is 29.5. The summed E-state index contributed by atoms with van der Waals surface area (Å²) in [5.41, 5.74) is 4.20. The molecule has 1 aliphatic heterocycles. The Morgan fingerprint density at radius 2 is 2.00 bits per heavy atom. The van der Waals surface area contributed by atoms with Gasteiger partial charge in [-0.25, -0.2) is 4.98 Å². The Balaban J connectivity index is 1.51. The number of thioether (sulfide) groups is 1. The summed E-state index contributed by atoms with van der Waals surface area (Å²) in [6, 6.07) is 13.4. The van der Waals surface area contributed by atoms with Crippen LogP contribution in [0, 0.1) is 6.92 Å². The molecular weight excluding hydrogens is 366 g/mol. The lowest BCUT2D eigenvalue weighted by atomic mass is 10.1. The van der Waals surface area contributed by atoms with Crippen LogP contribution in [0.1, 0.15) is 15.9 Å². The zero-order chi connectivity index (χ0) is 18.1. The highest BCUT2D eigenvalue weighted by Gasteiger charge is 2.18. The fourth-order valence-electron chi connectivity index (χ4n) is 2.58. The van der Waals surface area contributed by atoms with Gasteiger partial charge in [0, 0.05) is 21.4 Å². The van der Waals surface area contributed by atoms with Gasteiger partial charge < -0.3 is 5.32 Å². The van der Waals surface area contributed by atoms with Crippen molar-refractivity contribution in [3.8, 4) is 11.3 Å². The van der Waals surface area contributed by atoms with Gasteiger partial charge in [-0.1, -0.05) is 29.8 Å². The van der Waals surface area contributed by atoms with E-state index >= 15 is 0 Å². The fraction of sp³-hybridized carbons (Fsp3) is 0.105. The minimum absolute atomic E-state index is 0.0530. The molecule has 26 heavy (non-hydrogen) atoms. The number of aromatic nitrogens is 1. The lowest BCUT2D eigenvalue weighted by Crippen LogP contribution is -2.19. The molecule has 1 aromatic heterocycles. The number of nitrogens with zero attached hydrogens (tertiary/aromatic N) is 1. The van der Waals surface area contributed by atoms with Crippen LogP contribution < -0.4 is 10.6 Å². The number of rotatable bonds is 3. The van der Waals surface area contributed by atoms with Crippen molar-refractivity contribution in [2.24, 2.45) is 0 Å². The van der Waals surface area contributed by atoms with Gasteiger partial charge >= 0.3 is 0 Å². The molecule has 1 aliphatic rings. The molecule has 0 aliphatic carbocycles. The molecule has 0 spiro atoms.